The zero-order valence-corrected chi connectivity index (χ0v) is 32.3. The topological polar surface area (TPSA) is 52.6 Å². The lowest BCUT2D eigenvalue weighted by atomic mass is 10.0. The van der Waals surface area contributed by atoms with Crippen molar-refractivity contribution in [3.63, 3.8) is 0 Å². The van der Waals surface area contributed by atoms with Gasteiger partial charge in [-0.25, -0.2) is 9.59 Å². The number of hydrogen-bond acceptors (Lipinski definition) is 4. The molecule has 0 aliphatic carbocycles. The zero-order valence-electron chi connectivity index (χ0n) is 32.3. The van der Waals surface area contributed by atoms with E-state index < -0.39 is 0 Å². The minimum Gasteiger partial charge on any atom is -0.459 e. The summed E-state index contributed by atoms with van der Waals surface area (Å²) in [5, 5.41) is 0. The molecule has 4 nitrogen and oxygen atoms in total. The van der Waals surface area contributed by atoms with E-state index in [-0.39, 0.29) is 24.1 Å². The van der Waals surface area contributed by atoms with Gasteiger partial charge < -0.3 is 9.47 Å². The van der Waals surface area contributed by atoms with Crippen LogP contribution in [0.2, 0.25) is 0 Å². The number of ether oxygens (including phenoxy) is 2. The van der Waals surface area contributed by atoms with Gasteiger partial charge in [-0.3, -0.25) is 0 Å². The van der Waals surface area contributed by atoms with Crippen molar-refractivity contribution in [1.29, 1.82) is 0 Å². The smallest absolute Gasteiger partial charge is 0.339 e. The first kappa shape index (κ1) is 44.2. The summed E-state index contributed by atoms with van der Waals surface area (Å²) in [6.45, 7) is 9.01. The third-order valence-corrected chi connectivity index (χ3v) is 9.93. The third-order valence-electron chi connectivity index (χ3n) is 9.93. The van der Waals surface area contributed by atoms with E-state index in [2.05, 4.69) is 27.7 Å². The van der Waals surface area contributed by atoms with E-state index in [9.17, 15) is 9.59 Å². The average Bonchev–Trinajstić information content (AvgIpc) is 3.10. The van der Waals surface area contributed by atoms with Crippen LogP contribution in [0, 0.1) is 0 Å². The second-order valence-electron chi connectivity index (χ2n) is 14.5. The van der Waals surface area contributed by atoms with Gasteiger partial charge in [0.15, 0.2) is 0 Å². The normalized spacial score (nSPS) is 12.6. The minimum atomic E-state index is -0.374. The molecule has 2 unspecified atom stereocenters. The lowest BCUT2D eigenvalue weighted by Gasteiger charge is -2.21. The van der Waals surface area contributed by atoms with Gasteiger partial charge >= 0.3 is 11.9 Å². The maximum absolute atomic E-state index is 13.6. The number of hydrogen-bond donors (Lipinski definition) is 0. The van der Waals surface area contributed by atoms with Gasteiger partial charge in [-0.2, -0.15) is 0 Å². The van der Waals surface area contributed by atoms with Crippen LogP contribution in [-0.4, -0.2) is 24.1 Å². The fourth-order valence-corrected chi connectivity index (χ4v) is 6.76. The van der Waals surface area contributed by atoms with Crippen LogP contribution < -0.4 is 0 Å². The van der Waals surface area contributed by atoms with Crippen LogP contribution in [-0.2, 0) is 9.47 Å². The van der Waals surface area contributed by atoms with Crippen LogP contribution in [0.15, 0.2) is 24.3 Å². The van der Waals surface area contributed by atoms with E-state index in [1.54, 1.807) is 12.1 Å². The summed E-state index contributed by atoms with van der Waals surface area (Å²) in [6.07, 6.45) is 35.6. The molecule has 0 saturated carbocycles. The van der Waals surface area contributed by atoms with Crippen LogP contribution in [0.1, 0.15) is 241 Å². The summed E-state index contributed by atoms with van der Waals surface area (Å²) < 4.78 is 12.4. The van der Waals surface area contributed by atoms with Crippen molar-refractivity contribution in [1.82, 2.24) is 0 Å². The van der Waals surface area contributed by atoms with Crippen LogP contribution in [0.5, 0.6) is 0 Å². The van der Waals surface area contributed by atoms with Crippen molar-refractivity contribution >= 4 is 11.9 Å². The molecule has 0 amide bonds. The summed E-state index contributed by atoms with van der Waals surface area (Å²) in [5.41, 5.74) is 0.702. The molecule has 1 aromatic rings. The summed E-state index contributed by atoms with van der Waals surface area (Å²) in [5.74, 6) is -0.748. The Hall–Kier alpha value is -1.84. The molecule has 0 bridgehead atoms. The van der Waals surface area contributed by atoms with Gasteiger partial charge in [-0.1, -0.05) is 181 Å². The van der Waals surface area contributed by atoms with E-state index in [4.69, 9.17) is 9.47 Å². The molecular weight excluding hydrogens is 592 g/mol. The highest BCUT2D eigenvalue weighted by Crippen LogP contribution is 2.23. The maximum Gasteiger partial charge on any atom is 0.339 e. The Morgan fingerprint density at radius 1 is 0.396 bits per heavy atom. The zero-order chi connectivity index (χ0) is 34.9. The Balaban J connectivity index is 2.83. The van der Waals surface area contributed by atoms with Crippen LogP contribution in [0.4, 0.5) is 0 Å². The molecule has 1 rings (SSSR count). The van der Waals surface area contributed by atoms with Gasteiger partial charge in [0.25, 0.3) is 0 Å². The highest BCUT2D eigenvalue weighted by atomic mass is 16.5. The van der Waals surface area contributed by atoms with Gasteiger partial charge in [0, 0.05) is 0 Å². The molecule has 0 aromatic heterocycles. The molecule has 0 aliphatic rings. The highest BCUT2D eigenvalue weighted by molar-refractivity contribution is 6.03. The lowest BCUT2D eigenvalue weighted by molar-refractivity contribution is 0.0201. The van der Waals surface area contributed by atoms with Crippen molar-refractivity contribution in [2.24, 2.45) is 0 Å². The standard InChI is InChI=1S/C44H78O4/c1-5-9-13-17-21-25-29-35-39(33-27-23-19-15-11-7-3)47-43(45)41-37-31-32-38-42(41)44(46)48-40(34-28-24-20-16-12-8-4)36-30-26-22-18-14-10-6-2/h31-32,37-40H,5-30,33-36H2,1-4H3. The quantitative estimate of drug-likeness (QED) is 0.0541. The van der Waals surface area contributed by atoms with Gasteiger partial charge in [0.05, 0.1) is 11.1 Å². The SMILES string of the molecule is CCCCCCCCCC(CCCCCCCC)OC(=O)c1ccccc1C(=O)OC(CCCCCCCC)CCCCCCCCC. The number of rotatable bonds is 34. The molecule has 0 saturated heterocycles. The Kier molecular flexibility index (Phi) is 29.8. The number of benzene rings is 1. The molecular formula is C44H78O4. The van der Waals surface area contributed by atoms with E-state index in [1.165, 1.54) is 141 Å². The van der Waals surface area contributed by atoms with E-state index in [0.717, 1.165) is 51.4 Å². The Bertz CT molecular complexity index is 809. The summed E-state index contributed by atoms with van der Waals surface area (Å²) in [6, 6.07) is 7.15. The molecule has 4 heteroatoms. The van der Waals surface area contributed by atoms with Crippen molar-refractivity contribution in [3.8, 4) is 0 Å². The van der Waals surface area contributed by atoms with Crippen molar-refractivity contribution in [3.05, 3.63) is 35.4 Å². The predicted molar refractivity (Wildman–Crippen MR) is 206 cm³/mol. The maximum atomic E-state index is 13.6. The Morgan fingerprint density at radius 2 is 0.625 bits per heavy atom. The largest absolute Gasteiger partial charge is 0.459 e. The first-order valence-electron chi connectivity index (χ1n) is 21.1. The Morgan fingerprint density at radius 3 is 0.875 bits per heavy atom. The molecule has 0 aliphatic heterocycles. The fraction of sp³-hybridized carbons (Fsp3) is 0.818. The van der Waals surface area contributed by atoms with Crippen LogP contribution >= 0.6 is 0 Å². The lowest BCUT2D eigenvalue weighted by Crippen LogP contribution is -2.23. The van der Waals surface area contributed by atoms with E-state index in [1.807, 2.05) is 12.1 Å². The second-order valence-corrected chi connectivity index (χ2v) is 14.5. The van der Waals surface area contributed by atoms with Crippen LogP contribution in [0.3, 0.4) is 0 Å². The summed E-state index contributed by atoms with van der Waals surface area (Å²) in [7, 11) is 0. The summed E-state index contributed by atoms with van der Waals surface area (Å²) in [4.78, 5) is 27.3. The minimum absolute atomic E-state index is 0.0961. The van der Waals surface area contributed by atoms with E-state index in [0.29, 0.717) is 11.1 Å². The van der Waals surface area contributed by atoms with Gasteiger partial charge in [-0.15, -0.1) is 0 Å². The predicted octanol–water partition coefficient (Wildman–Crippen LogP) is 14.5. The molecule has 0 fully saturated rings. The first-order chi connectivity index (χ1) is 23.6. The van der Waals surface area contributed by atoms with Gasteiger partial charge in [-0.05, 0) is 63.5 Å². The number of carbonyl (C=O) groups is 2. The van der Waals surface area contributed by atoms with E-state index >= 15 is 0 Å². The molecule has 0 N–H and O–H groups in total. The fourth-order valence-electron chi connectivity index (χ4n) is 6.76. The molecule has 278 valence electrons. The molecule has 0 heterocycles. The van der Waals surface area contributed by atoms with Gasteiger partial charge in [0.2, 0.25) is 0 Å². The van der Waals surface area contributed by atoms with Crippen LogP contribution in [0.25, 0.3) is 0 Å². The second kappa shape index (κ2) is 32.4. The summed E-state index contributed by atoms with van der Waals surface area (Å²) >= 11 is 0. The first-order valence-corrected chi connectivity index (χ1v) is 21.1. The number of carbonyl (C=O) groups excluding carboxylic acids is 2. The van der Waals surface area contributed by atoms with Gasteiger partial charge in [0.1, 0.15) is 12.2 Å². The third kappa shape index (κ3) is 23.5. The molecule has 1 aromatic carbocycles. The van der Waals surface area contributed by atoms with Crippen molar-refractivity contribution in [2.45, 2.75) is 233 Å². The number of unbranched alkanes of at least 4 members (excludes halogenated alkanes) is 22. The average molecular weight is 671 g/mol. The highest BCUT2D eigenvalue weighted by Gasteiger charge is 2.24. The monoisotopic (exact) mass is 671 g/mol. The van der Waals surface area contributed by atoms with Crippen molar-refractivity contribution in [2.75, 3.05) is 0 Å². The number of esters is 2. The molecule has 0 spiro atoms. The molecule has 48 heavy (non-hydrogen) atoms. The molecule has 0 radical (unpaired) electrons. The van der Waals surface area contributed by atoms with Crippen molar-refractivity contribution < 1.29 is 19.1 Å². The Labute approximate surface area is 298 Å². The molecule has 2 atom stereocenters.